The molecule has 0 aromatic heterocycles. The van der Waals surface area contributed by atoms with E-state index in [2.05, 4.69) is 26.2 Å². The summed E-state index contributed by atoms with van der Waals surface area (Å²) in [5.41, 5.74) is 0. The molecule has 5 aliphatic rings. The number of aliphatic carboxylic acids is 1. The van der Waals surface area contributed by atoms with Gasteiger partial charge in [-0.3, -0.25) is 31.0 Å². The molecule has 4 heterocycles. The van der Waals surface area contributed by atoms with Crippen LogP contribution in [-0.2, 0) is 19.1 Å². The van der Waals surface area contributed by atoms with Crippen molar-refractivity contribution in [1.82, 2.24) is 26.2 Å². The van der Waals surface area contributed by atoms with Crippen LogP contribution >= 0.6 is 11.8 Å². The number of carboxylic acids is 1. The summed E-state index contributed by atoms with van der Waals surface area (Å²) >= 11 is 1.81. The predicted octanol–water partition coefficient (Wildman–Crippen LogP) is -1.59. The smallest absolute Gasteiger partial charge is 0.152 e. The molecule has 0 spiro atoms. The Morgan fingerprint density at radius 3 is 2.74 bits per heavy atom. The first-order valence-electron chi connectivity index (χ1n) is 12.9. The van der Waals surface area contributed by atoms with Gasteiger partial charge in [-0.05, 0) is 49.7 Å². The number of thioether (sulfide) groups is 1. The molecule has 1 saturated carbocycles. The first kappa shape index (κ1) is 24.9. The summed E-state index contributed by atoms with van der Waals surface area (Å²) in [5.74, 6) is 1.36. The lowest BCUT2D eigenvalue weighted by Crippen LogP contribution is -2.66. The molecule has 0 aromatic rings. The third kappa shape index (κ3) is 5.95. The van der Waals surface area contributed by atoms with E-state index in [-0.39, 0.29) is 36.6 Å². The third-order valence-corrected chi connectivity index (χ3v) is 9.54. The van der Waals surface area contributed by atoms with Gasteiger partial charge < -0.3 is 19.4 Å². The van der Waals surface area contributed by atoms with Crippen molar-refractivity contribution < 1.29 is 24.2 Å². The average molecular weight is 497 g/mol. The molecular weight excluding hydrogens is 458 g/mol. The highest BCUT2D eigenvalue weighted by Crippen LogP contribution is 2.46. The van der Waals surface area contributed by atoms with Gasteiger partial charge >= 0.3 is 0 Å². The number of ether oxygens (including phenoxy) is 2. The molecule has 192 valence electrons. The molecule has 5 fully saturated rings. The standard InChI is InChI=1S/C23H39N5O5S/c29-17-11-19(28-7-9-32-10-8-28)33-21-16(13-34-22(17)21)14-1-3-15(4-2-14)26-23-24-6-5-18(27-23)25-12-20(30)31/h14-16,18-19,21-27H,1-13H2,(H,30,31)/p-1. The topological polar surface area (TPSA) is 127 Å². The number of ketones is 1. The van der Waals surface area contributed by atoms with E-state index in [0.29, 0.717) is 30.1 Å². The number of hydrogen-bond donors (Lipinski definition) is 4. The van der Waals surface area contributed by atoms with E-state index in [0.717, 1.165) is 70.7 Å². The fourth-order valence-electron chi connectivity index (χ4n) is 6.22. The molecule has 4 N–H and O–H groups in total. The zero-order chi connectivity index (χ0) is 23.5. The van der Waals surface area contributed by atoms with E-state index in [1.807, 2.05) is 11.8 Å². The lowest BCUT2D eigenvalue weighted by molar-refractivity contribution is -0.304. The predicted molar refractivity (Wildman–Crippen MR) is 126 cm³/mol. The summed E-state index contributed by atoms with van der Waals surface area (Å²) in [5, 5.41) is 24.2. The van der Waals surface area contributed by atoms with Crippen molar-refractivity contribution >= 4 is 23.5 Å². The number of morpholine rings is 1. The SMILES string of the molecule is O=C([O-])CNC1CCNC(NC2CCC(C3CSC4C(=O)CC(N5CCOCC5)OC43)CC2)N1. The van der Waals surface area contributed by atoms with Crippen molar-refractivity contribution in [2.75, 3.05) is 45.1 Å². The van der Waals surface area contributed by atoms with Crippen molar-refractivity contribution in [3.05, 3.63) is 0 Å². The number of carboxylic acid groups (broad SMARTS) is 1. The molecule has 0 amide bonds. The number of Topliss-reactive ketones (excluding diaryl/α,β-unsaturated/α-hetero) is 1. The maximum Gasteiger partial charge on any atom is 0.152 e. The van der Waals surface area contributed by atoms with Crippen LogP contribution in [0.5, 0.6) is 0 Å². The summed E-state index contributed by atoms with van der Waals surface area (Å²) in [6.45, 7) is 3.80. The van der Waals surface area contributed by atoms with Gasteiger partial charge in [-0.1, -0.05) is 0 Å². The third-order valence-electron chi connectivity index (χ3n) is 8.07. The average Bonchev–Trinajstić information content (AvgIpc) is 3.29. The zero-order valence-electron chi connectivity index (χ0n) is 19.7. The number of carbonyl (C=O) groups excluding carboxylic acids is 2. The van der Waals surface area contributed by atoms with Crippen molar-refractivity contribution in [1.29, 1.82) is 0 Å². The summed E-state index contributed by atoms with van der Waals surface area (Å²) in [4.78, 5) is 25.9. The van der Waals surface area contributed by atoms with E-state index in [9.17, 15) is 14.7 Å². The molecule has 34 heavy (non-hydrogen) atoms. The van der Waals surface area contributed by atoms with Crippen molar-refractivity contribution in [3.8, 4) is 0 Å². The highest BCUT2D eigenvalue weighted by Gasteiger charge is 2.50. The number of fused-ring (bicyclic) bond motifs is 1. The van der Waals surface area contributed by atoms with Gasteiger partial charge in [0.15, 0.2) is 5.78 Å². The highest BCUT2D eigenvalue weighted by atomic mass is 32.2. The van der Waals surface area contributed by atoms with Crippen molar-refractivity contribution in [2.24, 2.45) is 11.8 Å². The minimum absolute atomic E-state index is 0.0132. The van der Waals surface area contributed by atoms with Gasteiger partial charge in [-0.2, -0.15) is 0 Å². The number of carbonyl (C=O) groups is 2. The summed E-state index contributed by atoms with van der Waals surface area (Å²) in [6, 6.07) is 0.418. The molecule has 6 atom stereocenters. The zero-order valence-corrected chi connectivity index (χ0v) is 20.5. The minimum atomic E-state index is -1.09. The number of rotatable bonds is 7. The van der Waals surface area contributed by atoms with E-state index < -0.39 is 5.97 Å². The summed E-state index contributed by atoms with van der Waals surface area (Å²) in [7, 11) is 0. The monoisotopic (exact) mass is 496 g/mol. The Balaban J connectivity index is 1.10. The Labute approximate surface area is 205 Å². The summed E-state index contributed by atoms with van der Waals surface area (Å²) < 4.78 is 12.1. The molecular formula is C23H38N5O5S-. The molecule has 4 saturated heterocycles. The molecule has 0 aromatic carbocycles. The van der Waals surface area contributed by atoms with Crippen LogP contribution in [0.15, 0.2) is 0 Å². The van der Waals surface area contributed by atoms with Gasteiger partial charge in [0.1, 0.15) is 12.5 Å². The van der Waals surface area contributed by atoms with E-state index in [4.69, 9.17) is 9.47 Å². The van der Waals surface area contributed by atoms with Gasteiger partial charge in [0.2, 0.25) is 0 Å². The highest BCUT2D eigenvalue weighted by molar-refractivity contribution is 8.01. The van der Waals surface area contributed by atoms with Crippen LogP contribution in [0.4, 0.5) is 0 Å². The van der Waals surface area contributed by atoms with Crippen LogP contribution in [0.2, 0.25) is 0 Å². The molecule has 4 aliphatic heterocycles. The van der Waals surface area contributed by atoms with E-state index in [1.165, 1.54) is 0 Å². The van der Waals surface area contributed by atoms with E-state index in [1.54, 1.807) is 0 Å². The summed E-state index contributed by atoms with van der Waals surface area (Å²) in [6.07, 6.45) is 5.71. The van der Waals surface area contributed by atoms with Crippen LogP contribution in [0.1, 0.15) is 38.5 Å². The first-order chi connectivity index (χ1) is 16.6. The van der Waals surface area contributed by atoms with Gasteiger partial charge in [-0.25, -0.2) is 0 Å². The quantitative estimate of drug-likeness (QED) is 0.326. The molecule has 11 heteroatoms. The van der Waals surface area contributed by atoms with Gasteiger partial charge in [0.05, 0.1) is 36.7 Å². The van der Waals surface area contributed by atoms with Crippen LogP contribution < -0.4 is 26.4 Å². The maximum atomic E-state index is 12.9. The van der Waals surface area contributed by atoms with E-state index >= 15 is 0 Å². The molecule has 0 bridgehead atoms. The Hall–Kier alpha value is -0.790. The Bertz CT molecular complexity index is 718. The lowest BCUT2D eigenvalue weighted by Gasteiger charge is -2.43. The van der Waals surface area contributed by atoms with Crippen molar-refractivity contribution in [2.45, 2.75) is 74.6 Å². The largest absolute Gasteiger partial charge is 0.549 e. The Morgan fingerprint density at radius 2 is 1.97 bits per heavy atom. The second-order valence-electron chi connectivity index (χ2n) is 10.2. The van der Waals surface area contributed by atoms with Crippen LogP contribution in [0, 0.1) is 11.8 Å². The maximum absolute atomic E-state index is 12.9. The first-order valence-corrected chi connectivity index (χ1v) is 13.9. The minimum Gasteiger partial charge on any atom is -0.549 e. The number of nitrogens with zero attached hydrogens (tertiary/aromatic N) is 1. The molecule has 6 unspecified atom stereocenters. The van der Waals surface area contributed by atoms with Crippen LogP contribution in [0.25, 0.3) is 0 Å². The van der Waals surface area contributed by atoms with Gasteiger partial charge in [-0.15, -0.1) is 11.8 Å². The Morgan fingerprint density at radius 1 is 1.18 bits per heavy atom. The van der Waals surface area contributed by atoms with Crippen LogP contribution in [0.3, 0.4) is 0 Å². The second kappa shape index (κ2) is 11.5. The normalized spacial score (nSPS) is 41.8. The molecule has 5 rings (SSSR count). The number of hydrogen-bond acceptors (Lipinski definition) is 11. The lowest BCUT2D eigenvalue weighted by atomic mass is 9.75. The Kier molecular flexibility index (Phi) is 8.42. The molecule has 10 nitrogen and oxygen atoms in total. The second-order valence-corrected chi connectivity index (χ2v) is 11.4. The van der Waals surface area contributed by atoms with Gasteiger partial charge in [0.25, 0.3) is 0 Å². The fraction of sp³-hybridized carbons (Fsp3) is 0.913. The van der Waals surface area contributed by atoms with Crippen molar-refractivity contribution in [3.63, 3.8) is 0 Å². The van der Waals surface area contributed by atoms with Crippen LogP contribution in [-0.4, -0.2) is 97.9 Å². The number of nitrogens with one attached hydrogen (secondary N) is 4. The fourth-order valence-corrected chi connectivity index (χ4v) is 7.85. The molecule has 1 aliphatic carbocycles. The molecule has 0 radical (unpaired) electrons. The van der Waals surface area contributed by atoms with Gasteiger partial charge in [0, 0.05) is 38.6 Å².